The average molecular weight is 485 g/mol. The minimum absolute atomic E-state index is 0.0387. The van der Waals surface area contributed by atoms with Crippen molar-refractivity contribution < 1.29 is 14.3 Å². The maximum atomic E-state index is 13.8. The molecule has 2 aromatic rings. The first-order valence-electron chi connectivity index (χ1n) is 13.2. The number of esters is 1. The Kier molecular flexibility index (Phi) is 6.99. The maximum Gasteiger partial charge on any atom is 0.337 e. The van der Waals surface area contributed by atoms with Crippen LogP contribution in [0.3, 0.4) is 0 Å². The van der Waals surface area contributed by atoms with E-state index in [9.17, 15) is 9.59 Å². The van der Waals surface area contributed by atoms with Crippen molar-refractivity contribution in [1.82, 2.24) is 5.32 Å². The molecule has 0 bridgehead atoms. The van der Waals surface area contributed by atoms with E-state index in [0.29, 0.717) is 12.0 Å². The summed E-state index contributed by atoms with van der Waals surface area (Å²) >= 11 is 0. The Morgan fingerprint density at radius 2 is 1.61 bits per heavy atom. The van der Waals surface area contributed by atoms with Crippen molar-refractivity contribution in [2.45, 2.75) is 69.8 Å². The molecular weight excluding hydrogens is 448 g/mol. The summed E-state index contributed by atoms with van der Waals surface area (Å²) in [5.41, 5.74) is 6.23. The Morgan fingerprint density at radius 1 is 0.917 bits per heavy atom. The van der Waals surface area contributed by atoms with Crippen LogP contribution in [-0.2, 0) is 14.3 Å². The highest BCUT2D eigenvalue weighted by atomic mass is 16.5. The number of carbonyl (C=O) groups excluding carboxylic acids is 2. The van der Waals surface area contributed by atoms with Crippen LogP contribution in [0.1, 0.15) is 74.8 Å². The lowest BCUT2D eigenvalue weighted by molar-refractivity contribution is -0.146. The standard InChI is InChI=1S/C31H36N2O3/c1-20-28(31(35)36-25-12-8-5-9-13-25)29(22-14-16-24(17-15-22)33(2)3)30-26(32-20)18-23(19-27(30)34)21-10-6-4-7-11-21/h4,6-7,10-11,14-17,23,25,29,32H,5,8-9,12-13,18-19H2,1-3H3/t23-,29-/m1/s1. The summed E-state index contributed by atoms with van der Waals surface area (Å²) in [5, 5.41) is 3.48. The zero-order valence-electron chi connectivity index (χ0n) is 21.5. The highest BCUT2D eigenvalue weighted by Crippen LogP contribution is 2.46. The van der Waals surface area contributed by atoms with Gasteiger partial charge in [0.05, 0.1) is 5.57 Å². The minimum Gasteiger partial charge on any atom is -0.459 e. The number of hydrogen-bond acceptors (Lipinski definition) is 5. The van der Waals surface area contributed by atoms with Gasteiger partial charge in [-0.15, -0.1) is 0 Å². The number of hydrogen-bond donors (Lipinski definition) is 1. The van der Waals surface area contributed by atoms with Crippen molar-refractivity contribution in [3.8, 4) is 0 Å². The van der Waals surface area contributed by atoms with Crippen molar-refractivity contribution in [2.75, 3.05) is 19.0 Å². The lowest BCUT2D eigenvalue weighted by Gasteiger charge is -2.37. The van der Waals surface area contributed by atoms with E-state index in [0.717, 1.165) is 60.3 Å². The molecule has 0 unspecified atom stereocenters. The number of rotatable bonds is 5. The van der Waals surface area contributed by atoms with Gasteiger partial charge in [-0.1, -0.05) is 48.9 Å². The third-order valence-corrected chi connectivity index (χ3v) is 7.89. The molecular formula is C31H36N2O3. The van der Waals surface area contributed by atoms with E-state index in [1.165, 1.54) is 12.0 Å². The number of benzene rings is 2. The summed E-state index contributed by atoms with van der Waals surface area (Å²) in [5.74, 6) is -0.476. The fourth-order valence-electron chi connectivity index (χ4n) is 5.97. The van der Waals surface area contributed by atoms with Gasteiger partial charge in [-0.3, -0.25) is 4.79 Å². The van der Waals surface area contributed by atoms with Gasteiger partial charge < -0.3 is 15.0 Å². The number of dihydropyridines is 1. The zero-order valence-corrected chi connectivity index (χ0v) is 21.5. The second-order valence-corrected chi connectivity index (χ2v) is 10.6. The molecule has 1 N–H and O–H groups in total. The second kappa shape index (κ2) is 10.3. The molecule has 5 rings (SSSR count). The number of nitrogens with zero attached hydrogens (tertiary/aromatic N) is 1. The molecule has 0 radical (unpaired) electrons. The predicted octanol–water partition coefficient (Wildman–Crippen LogP) is 5.99. The third-order valence-electron chi connectivity index (χ3n) is 7.89. The van der Waals surface area contributed by atoms with Crippen LogP contribution in [0, 0.1) is 0 Å². The van der Waals surface area contributed by atoms with E-state index < -0.39 is 5.92 Å². The smallest absolute Gasteiger partial charge is 0.337 e. The first-order valence-corrected chi connectivity index (χ1v) is 13.2. The van der Waals surface area contributed by atoms with E-state index in [1.807, 2.05) is 56.3 Å². The lowest BCUT2D eigenvalue weighted by Crippen LogP contribution is -2.37. The van der Waals surface area contributed by atoms with Gasteiger partial charge in [0, 0.05) is 49.1 Å². The molecule has 2 aromatic carbocycles. The van der Waals surface area contributed by atoms with Crippen molar-refractivity contribution in [3.05, 3.63) is 88.3 Å². The van der Waals surface area contributed by atoms with Gasteiger partial charge in [0.25, 0.3) is 0 Å². The average Bonchev–Trinajstić information content (AvgIpc) is 2.89. The maximum absolute atomic E-state index is 13.8. The van der Waals surface area contributed by atoms with Gasteiger partial charge in [-0.2, -0.15) is 0 Å². The summed E-state index contributed by atoms with van der Waals surface area (Å²) in [6, 6.07) is 18.5. The third kappa shape index (κ3) is 4.84. The summed E-state index contributed by atoms with van der Waals surface area (Å²) in [6.07, 6.45) is 6.38. The van der Waals surface area contributed by atoms with Crippen LogP contribution in [0.5, 0.6) is 0 Å². The molecule has 2 atom stereocenters. The molecule has 1 fully saturated rings. The molecule has 5 nitrogen and oxygen atoms in total. The Morgan fingerprint density at radius 3 is 2.28 bits per heavy atom. The van der Waals surface area contributed by atoms with E-state index in [4.69, 9.17) is 4.74 Å². The molecule has 2 aliphatic carbocycles. The number of Topliss-reactive ketones (excluding diaryl/α,β-unsaturated/α-hetero) is 1. The van der Waals surface area contributed by atoms with Gasteiger partial charge in [0.15, 0.2) is 5.78 Å². The predicted molar refractivity (Wildman–Crippen MR) is 143 cm³/mol. The molecule has 1 aliphatic heterocycles. The van der Waals surface area contributed by atoms with E-state index in [-0.39, 0.29) is 23.8 Å². The molecule has 0 saturated heterocycles. The molecule has 3 aliphatic rings. The van der Waals surface area contributed by atoms with Crippen LogP contribution in [-0.4, -0.2) is 32.0 Å². The topological polar surface area (TPSA) is 58.6 Å². The minimum atomic E-state index is -0.419. The second-order valence-electron chi connectivity index (χ2n) is 10.6. The van der Waals surface area contributed by atoms with Crippen LogP contribution < -0.4 is 10.2 Å². The molecule has 0 spiro atoms. The van der Waals surface area contributed by atoms with Crippen LogP contribution in [0.25, 0.3) is 0 Å². The number of ketones is 1. The number of carbonyl (C=O) groups is 2. The monoisotopic (exact) mass is 484 g/mol. The Labute approximate surface area is 214 Å². The van der Waals surface area contributed by atoms with E-state index in [2.05, 4.69) is 29.6 Å². The fraction of sp³-hybridized carbons (Fsp3) is 0.419. The number of anilines is 1. The van der Waals surface area contributed by atoms with Crippen molar-refractivity contribution in [2.24, 2.45) is 0 Å². The summed E-state index contributed by atoms with van der Waals surface area (Å²) in [7, 11) is 4.01. The first kappa shape index (κ1) is 24.4. The van der Waals surface area contributed by atoms with Crippen molar-refractivity contribution >= 4 is 17.4 Å². The summed E-state index contributed by atoms with van der Waals surface area (Å²) in [6.45, 7) is 1.94. The molecule has 0 aromatic heterocycles. The first-order chi connectivity index (χ1) is 17.4. The highest BCUT2D eigenvalue weighted by molar-refractivity contribution is 6.04. The molecule has 1 heterocycles. The molecule has 1 saturated carbocycles. The van der Waals surface area contributed by atoms with Gasteiger partial charge in [0.2, 0.25) is 0 Å². The highest BCUT2D eigenvalue weighted by Gasteiger charge is 2.41. The van der Waals surface area contributed by atoms with Gasteiger partial charge in [-0.25, -0.2) is 4.79 Å². The van der Waals surface area contributed by atoms with Crippen LogP contribution in [0.2, 0.25) is 0 Å². The molecule has 0 amide bonds. The SMILES string of the molecule is CC1=C(C(=O)OC2CCCCC2)[C@@H](c2ccc(N(C)C)cc2)C2=C(C[C@@H](c3ccccc3)CC2=O)N1. The van der Waals surface area contributed by atoms with Crippen LogP contribution >= 0.6 is 0 Å². The number of nitrogens with one attached hydrogen (secondary N) is 1. The molecule has 5 heteroatoms. The largest absolute Gasteiger partial charge is 0.459 e. The Balaban J connectivity index is 1.53. The number of ether oxygens (including phenoxy) is 1. The van der Waals surface area contributed by atoms with Crippen molar-refractivity contribution in [1.29, 1.82) is 0 Å². The van der Waals surface area contributed by atoms with E-state index >= 15 is 0 Å². The molecule has 36 heavy (non-hydrogen) atoms. The van der Waals surface area contributed by atoms with Crippen LogP contribution in [0.15, 0.2) is 77.1 Å². The lowest BCUT2D eigenvalue weighted by atomic mass is 9.71. The summed E-state index contributed by atoms with van der Waals surface area (Å²) in [4.78, 5) is 29.4. The fourth-order valence-corrected chi connectivity index (χ4v) is 5.97. The van der Waals surface area contributed by atoms with Gasteiger partial charge in [-0.05, 0) is 68.2 Å². The van der Waals surface area contributed by atoms with E-state index in [1.54, 1.807) is 0 Å². The van der Waals surface area contributed by atoms with Gasteiger partial charge >= 0.3 is 5.97 Å². The number of allylic oxidation sites excluding steroid dienone is 3. The summed E-state index contributed by atoms with van der Waals surface area (Å²) < 4.78 is 6.04. The molecule has 188 valence electrons. The Hall–Kier alpha value is -3.34. The Bertz CT molecular complexity index is 1190. The van der Waals surface area contributed by atoms with Crippen molar-refractivity contribution in [3.63, 3.8) is 0 Å². The normalized spacial score (nSPS) is 22.7. The van der Waals surface area contributed by atoms with Crippen LogP contribution in [0.4, 0.5) is 5.69 Å². The quantitative estimate of drug-likeness (QED) is 0.528. The van der Waals surface area contributed by atoms with Gasteiger partial charge in [0.1, 0.15) is 6.10 Å². The zero-order chi connectivity index (χ0) is 25.2.